The topological polar surface area (TPSA) is 90.1 Å². The molecule has 0 bridgehead atoms. The van der Waals surface area contributed by atoms with Gasteiger partial charge in [-0.05, 0) is 25.5 Å². The van der Waals surface area contributed by atoms with Crippen molar-refractivity contribution in [3.63, 3.8) is 0 Å². The highest BCUT2D eigenvalue weighted by atomic mass is 16.6. The van der Waals surface area contributed by atoms with E-state index in [9.17, 15) is 14.9 Å². The van der Waals surface area contributed by atoms with E-state index < -0.39 is 4.92 Å². The fourth-order valence-corrected chi connectivity index (χ4v) is 2.41. The van der Waals surface area contributed by atoms with E-state index in [1.165, 1.54) is 12.1 Å². The average Bonchev–Trinajstić information content (AvgIpc) is 2.98. The lowest BCUT2D eigenvalue weighted by molar-refractivity contribution is -0.385. The van der Waals surface area contributed by atoms with Crippen molar-refractivity contribution in [3.05, 3.63) is 57.7 Å². The van der Waals surface area contributed by atoms with E-state index in [1.54, 1.807) is 19.2 Å². The second-order valence-electron chi connectivity index (χ2n) is 5.26. The Kier molecular flexibility index (Phi) is 5.46. The number of hydrogen-bond acceptors (Lipinski definition) is 4. The Morgan fingerprint density at radius 2 is 2.22 bits per heavy atom. The SMILES string of the molecule is CCc1nccn1CCCNC(=O)c1ccc([N+](=O)[O-])c(C)c1. The molecule has 1 aromatic heterocycles. The Morgan fingerprint density at radius 3 is 2.87 bits per heavy atom. The number of carbonyl (C=O) groups is 1. The maximum Gasteiger partial charge on any atom is 0.272 e. The summed E-state index contributed by atoms with van der Waals surface area (Å²) in [5.41, 5.74) is 0.937. The summed E-state index contributed by atoms with van der Waals surface area (Å²) in [6.45, 7) is 5.01. The van der Waals surface area contributed by atoms with E-state index in [-0.39, 0.29) is 11.6 Å². The number of aryl methyl sites for hydroxylation is 3. The van der Waals surface area contributed by atoms with Gasteiger partial charge in [-0.2, -0.15) is 0 Å². The summed E-state index contributed by atoms with van der Waals surface area (Å²) in [5.74, 6) is 0.812. The van der Waals surface area contributed by atoms with Crippen LogP contribution in [0, 0.1) is 17.0 Å². The van der Waals surface area contributed by atoms with E-state index in [4.69, 9.17) is 0 Å². The van der Waals surface area contributed by atoms with E-state index >= 15 is 0 Å². The first kappa shape index (κ1) is 16.7. The molecular weight excluding hydrogens is 296 g/mol. The number of carbonyl (C=O) groups excluding carboxylic acids is 1. The Labute approximate surface area is 134 Å². The van der Waals surface area contributed by atoms with Gasteiger partial charge in [-0.3, -0.25) is 14.9 Å². The van der Waals surface area contributed by atoms with Gasteiger partial charge in [0.15, 0.2) is 0 Å². The smallest absolute Gasteiger partial charge is 0.272 e. The maximum absolute atomic E-state index is 12.1. The van der Waals surface area contributed by atoms with Crippen LogP contribution >= 0.6 is 0 Å². The highest BCUT2D eigenvalue weighted by Crippen LogP contribution is 2.18. The van der Waals surface area contributed by atoms with Crippen LogP contribution < -0.4 is 5.32 Å². The van der Waals surface area contributed by atoms with Gasteiger partial charge < -0.3 is 9.88 Å². The summed E-state index contributed by atoms with van der Waals surface area (Å²) in [6.07, 6.45) is 5.37. The first-order valence-corrected chi connectivity index (χ1v) is 7.56. The van der Waals surface area contributed by atoms with Crippen LogP contribution in [0.5, 0.6) is 0 Å². The van der Waals surface area contributed by atoms with Gasteiger partial charge in [-0.25, -0.2) is 4.98 Å². The van der Waals surface area contributed by atoms with Gasteiger partial charge in [0.2, 0.25) is 0 Å². The van der Waals surface area contributed by atoms with Crippen LogP contribution in [-0.2, 0) is 13.0 Å². The second kappa shape index (κ2) is 7.53. The number of aromatic nitrogens is 2. The van der Waals surface area contributed by atoms with Crippen LogP contribution in [-0.4, -0.2) is 26.9 Å². The maximum atomic E-state index is 12.1. The minimum Gasteiger partial charge on any atom is -0.352 e. The predicted molar refractivity (Wildman–Crippen MR) is 86.4 cm³/mol. The standard InChI is InChI=1S/C16H20N4O3/c1-3-15-17-8-10-19(15)9-4-7-18-16(21)13-5-6-14(20(22)23)12(2)11-13/h5-6,8,10-11H,3-4,7,9H2,1-2H3,(H,18,21). The minimum absolute atomic E-state index is 0.0220. The van der Waals surface area contributed by atoms with E-state index in [0.717, 1.165) is 25.2 Å². The number of nitrogens with zero attached hydrogens (tertiary/aromatic N) is 3. The fraction of sp³-hybridized carbons (Fsp3) is 0.375. The molecule has 2 aromatic rings. The number of hydrogen-bond donors (Lipinski definition) is 1. The summed E-state index contributed by atoms with van der Waals surface area (Å²) in [4.78, 5) is 26.6. The summed E-state index contributed by atoms with van der Waals surface area (Å²) < 4.78 is 2.07. The molecule has 23 heavy (non-hydrogen) atoms. The van der Waals surface area contributed by atoms with Crippen LogP contribution in [0.2, 0.25) is 0 Å². The highest BCUT2D eigenvalue weighted by Gasteiger charge is 2.13. The molecule has 1 aromatic carbocycles. The Balaban J connectivity index is 1.85. The van der Waals surface area contributed by atoms with Gasteiger partial charge >= 0.3 is 0 Å². The van der Waals surface area contributed by atoms with Crippen LogP contribution in [0.15, 0.2) is 30.6 Å². The van der Waals surface area contributed by atoms with Gasteiger partial charge in [0.1, 0.15) is 5.82 Å². The Morgan fingerprint density at radius 1 is 1.43 bits per heavy atom. The largest absolute Gasteiger partial charge is 0.352 e. The zero-order chi connectivity index (χ0) is 16.8. The first-order chi connectivity index (χ1) is 11.0. The van der Waals surface area contributed by atoms with Crippen molar-refractivity contribution >= 4 is 11.6 Å². The van der Waals surface area contributed by atoms with Crippen LogP contribution in [0.1, 0.15) is 35.1 Å². The predicted octanol–water partition coefficient (Wildman–Crippen LogP) is 2.48. The quantitative estimate of drug-likeness (QED) is 0.483. The number of nitrogens with one attached hydrogen (secondary N) is 1. The number of nitro benzene ring substituents is 1. The lowest BCUT2D eigenvalue weighted by Crippen LogP contribution is -2.25. The summed E-state index contributed by atoms with van der Waals surface area (Å²) in [5, 5.41) is 13.6. The number of rotatable bonds is 7. The number of amides is 1. The molecule has 0 saturated carbocycles. The Bertz CT molecular complexity index is 709. The van der Waals surface area contributed by atoms with Gasteiger partial charge in [0.25, 0.3) is 11.6 Å². The average molecular weight is 316 g/mol. The molecular formula is C16H20N4O3. The second-order valence-corrected chi connectivity index (χ2v) is 5.26. The summed E-state index contributed by atoms with van der Waals surface area (Å²) >= 11 is 0. The normalized spacial score (nSPS) is 10.5. The molecule has 0 aliphatic rings. The lowest BCUT2D eigenvalue weighted by Gasteiger charge is -2.08. The van der Waals surface area contributed by atoms with Crippen molar-refractivity contribution in [2.24, 2.45) is 0 Å². The minimum atomic E-state index is -0.451. The number of imidazole rings is 1. The number of benzene rings is 1. The third kappa shape index (κ3) is 4.15. The van der Waals surface area contributed by atoms with Gasteiger partial charge in [-0.1, -0.05) is 6.92 Å². The molecule has 0 aliphatic heterocycles. The Hall–Kier alpha value is -2.70. The van der Waals surface area contributed by atoms with Crippen molar-refractivity contribution in [3.8, 4) is 0 Å². The molecule has 0 spiro atoms. The molecule has 0 aliphatic carbocycles. The molecule has 122 valence electrons. The van der Waals surface area contributed by atoms with Crippen LogP contribution in [0.3, 0.4) is 0 Å². The molecule has 0 unspecified atom stereocenters. The molecule has 2 rings (SSSR count). The van der Waals surface area contributed by atoms with E-state index in [0.29, 0.717) is 17.7 Å². The molecule has 1 amide bonds. The fourth-order valence-electron chi connectivity index (χ4n) is 2.41. The number of nitro groups is 1. The van der Waals surface area contributed by atoms with Crippen molar-refractivity contribution in [2.75, 3.05) is 6.54 Å². The van der Waals surface area contributed by atoms with Gasteiger partial charge in [0, 0.05) is 49.1 Å². The van der Waals surface area contributed by atoms with Crippen molar-refractivity contribution < 1.29 is 9.72 Å². The third-order valence-electron chi connectivity index (χ3n) is 3.63. The highest BCUT2D eigenvalue weighted by molar-refractivity contribution is 5.94. The monoisotopic (exact) mass is 316 g/mol. The van der Waals surface area contributed by atoms with Crippen LogP contribution in [0.25, 0.3) is 0 Å². The van der Waals surface area contributed by atoms with E-state index in [2.05, 4.69) is 21.8 Å². The molecule has 7 heteroatoms. The molecule has 1 N–H and O–H groups in total. The van der Waals surface area contributed by atoms with Crippen molar-refractivity contribution in [1.29, 1.82) is 0 Å². The van der Waals surface area contributed by atoms with Crippen molar-refractivity contribution in [1.82, 2.24) is 14.9 Å². The summed E-state index contributed by atoms with van der Waals surface area (Å²) in [6, 6.07) is 4.38. The lowest BCUT2D eigenvalue weighted by atomic mass is 10.1. The van der Waals surface area contributed by atoms with Crippen molar-refractivity contribution in [2.45, 2.75) is 33.2 Å². The first-order valence-electron chi connectivity index (χ1n) is 7.56. The molecule has 7 nitrogen and oxygen atoms in total. The third-order valence-corrected chi connectivity index (χ3v) is 3.63. The van der Waals surface area contributed by atoms with Crippen LogP contribution in [0.4, 0.5) is 5.69 Å². The molecule has 0 saturated heterocycles. The molecule has 1 heterocycles. The zero-order valence-electron chi connectivity index (χ0n) is 13.3. The molecule has 0 radical (unpaired) electrons. The zero-order valence-corrected chi connectivity index (χ0v) is 13.3. The summed E-state index contributed by atoms with van der Waals surface area (Å²) in [7, 11) is 0. The molecule has 0 fully saturated rings. The van der Waals surface area contributed by atoms with Gasteiger partial charge in [0.05, 0.1) is 4.92 Å². The molecule has 0 atom stereocenters. The van der Waals surface area contributed by atoms with E-state index in [1.807, 2.05) is 6.20 Å². The van der Waals surface area contributed by atoms with Gasteiger partial charge in [-0.15, -0.1) is 0 Å².